The number of anilines is 2. The molecule has 0 atom stereocenters. The van der Waals surface area contributed by atoms with Gasteiger partial charge in [-0.2, -0.15) is 0 Å². The van der Waals surface area contributed by atoms with Crippen LogP contribution >= 0.6 is 0 Å². The molecular formula is C22H22FN5O2. The van der Waals surface area contributed by atoms with Gasteiger partial charge in [-0.1, -0.05) is 6.07 Å². The molecule has 7 nitrogen and oxygen atoms in total. The number of nitrogens with one attached hydrogen (secondary N) is 1. The highest BCUT2D eigenvalue weighted by Gasteiger charge is 2.22. The molecule has 0 unspecified atom stereocenters. The number of benzene rings is 2. The van der Waals surface area contributed by atoms with Gasteiger partial charge in [-0.25, -0.2) is 19.2 Å². The van der Waals surface area contributed by atoms with Crippen LogP contribution in [0.2, 0.25) is 0 Å². The van der Waals surface area contributed by atoms with Crippen LogP contribution in [0, 0.1) is 5.82 Å². The number of halogens is 1. The van der Waals surface area contributed by atoms with E-state index in [9.17, 15) is 9.18 Å². The van der Waals surface area contributed by atoms with E-state index in [1.54, 1.807) is 30.2 Å². The number of amides is 2. The molecule has 2 aromatic carbocycles. The maximum Gasteiger partial charge on any atom is 0.321 e. The van der Waals surface area contributed by atoms with Gasteiger partial charge in [-0.3, -0.25) is 0 Å². The van der Waals surface area contributed by atoms with Crippen molar-refractivity contribution in [2.75, 3.05) is 43.5 Å². The molecule has 2 heterocycles. The summed E-state index contributed by atoms with van der Waals surface area (Å²) in [5.74, 6) is 1.20. The van der Waals surface area contributed by atoms with Crippen LogP contribution in [0.1, 0.15) is 0 Å². The van der Waals surface area contributed by atoms with E-state index >= 15 is 0 Å². The highest BCUT2D eigenvalue weighted by atomic mass is 19.1. The number of rotatable bonds is 4. The minimum Gasteiger partial charge on any atom is -0.497 e. The third-order valence-electron chi connectivity index (χ3n) is 5.00. The SMILES string of the molecule is COc1cccc(NC(=O)N2CCN(c3cc(-c4ccc(F)cc4)ncn3)CC2)c1. The maximum absolute atomic E-state index is 13.2. The normalized spacial score (nSPS) is 13.8. The third kappa shape index (κ3) is 4.48. The average Bonchev–Trinajstić information content (AvgIpc) is 2.80. The molecule has 0 spiro atoms. The molecule has 1 aromatic heterocycles. The van der Waals surface area contributed by atoms with E-state index in [1.165, 1.54) is 18.5 Å². The number of nitrogens with zero attached hydrogens (tertiary/aromatic N) is 4. The Hall–Kier alpha value is -3.68. The number of piperazine rings is 1. The van der Waals surface area contributed by atoms with E-state index in [4.69, 9.17) is 4.74 Å². The second-order valence-corrected chi connectivity index (χ2v) is 6.90. The Labute approximate surface area is 174 Å². The Balaban J connectivity index is 1.38. The summed E-state index contributed by atoms with van der Waals surface area (Å²) < 4.78 is 18.4. The zero-order valence-corrected chi connectivity index (χ0v) is 16.6. The summed E-state index contributed by atoms with van der Waals surface area (Å²) >= 11 is 0. The fourth-order valence-corrected chi connectivity index (χ4v) is 3.34. The zero-order valence-electron chi connectivity index (χ0n) is 16.6. The highest BCUT2D eigenvalue weighted by Crippen LogP contribution is 2.22. The Morgan fingerprint density at radius 1 is 1.03 bits per heavy atom. The Bertz CT molecular complexity index is 1020. The van der Waals surface area contributed by atoms with Crippen molar-refractivity contribution in [2.24, 2.45) is 0 Å². The van der Waals surface area contributed by atoms with Crippen molar-refractivity contribution in [3.05, 3.63) is 66.7 Å². The van der Waals surface area contributed by atoms with Gasteiger partial charge in [0.25, 0.3) is 0 Å². The number of aromatic nitrogens is 2. The lowest BCUT2D eigenvalue weighted by Gasteiger charge is -2.35. The van der Waals surface area contributed by atoms with Crippen LogP contribution in [-0.4, -0.2) is 54.2 Å². The minimum atomic E-state index is -0.281. The molecule has 8 heteroatoms. The van der Waals surface area contributed by atoms with Gasteiger partial charge in [0.2, 0.25) is 0 Å². The van der Waals surface area contributed by atoms with Crippen molar-refractivity contribution in [2.45, 2.75) is 0 Å². The molecule has 30 heavy (non-hydrogen) atoms. The Morgan fingerprint density at radius 3 is 2.53 bits per heavy atom. The molecule has 4 rings (SSSR count). The molecule has 1 fully saturated rings. The number of hydrogen-bond donors (Lipinski definition) is 1. The first-order valence-corrected chi connectivity index (χ1v) is 9.65. The van der Waals surface area contributed by atoms with E-state index in [1.807, 2.05) is 24.3 Å². The number of hydrogen-bond acceptors (Lipinski definition) is 5. The smallest absolute Gasteiger partial charge is 0.321 e. The van der Waals surface area contributed by atoms with E-state index in [2.05, 4.69) is 20.2 Å². The van der Waals surface area contributed by atoms with Crippen molar-refractivity contribution < 1.29 is 13.9 Å². The van der Waals surface area contributed by atoms with Gasteiger partial charge in [0, 0.05) is 49.6 Å². The maximum atomic E-state index is 13.2. The summed E-state index contributed by atoms with van der Waals surface area (Å²) in [7, 11) is 1.59. The second kappa shape index (κ2) is 8.77. The van der Waals surface area contributed by atoms with Crippen LogP contribution in [0.5, 0.6) is 5.75 Å². The molecule has 0 radical (unpaired) electrons. The van der Waals surface area contributed by atoms with Crippen LogP contribution in [0.4, 0.5) is 20.7 Å². The van der Waals surface area contributed by atoms with Gasteiger partial charge < -0.3 is 19.9 Å². The molecule has 1 aliphatic rings. The van der Waals surface area contributed by atoms with Gasteiger partial charge in [0.15, 0.2) is 0 Å². The monoisotopic (exact) mass is 407 g/mol. The van der Waals surface area contributed by atoms with Gasteiger partial charge in [-0.05, 0) is 36.4 Å². The summed E-state index contributed by atoms with van der Waals surface area (Å²) in [5, 5.41) is 2.91. The first-order chi connectivity index (χ1) is 14.6. The average molecular weight is 407 g/mol. The van der Waals surface area contributed by atoms with Crippen molar-refractivity contribution >= 4 is 17.5 Å². The van der Waals surface area contributed by atoms with Crippen LogP contribution in [0.3, 0.4) is 0 Å². The van der Waals surface area contributed by atoms with Crippen LogP contribution in [0.15, 0.2) is 60.9 Å². The molecule has 0 aliphatic carbocycles. The summed E-state index contributed by atoms with van der Waals surface area (Å²) in [6.07, 6.45) is 1.51. The van der Waals surface area contributed by atoms with E-state index < -0.39 is 0 Å². The second-order valence-electron chi connectivity index (χ2n) is 6.90. The van der Waals surface area contributed by atoms with Crippen LogP contribution in [-0.2, 0) is 0 Å². The van der Waals surface area contributed by atoms with Crippen LogP contribution < -0.4 is 15.0 Å². The summed E-state index contributed by atoms with van der Waals surface area (Å²) in [5.41, 5.74) is 2.26. The molecule has 1 N–H and O–H groups in total. The van der Waals surface area contributed by atoms with Gasteiger partial charge in [0.05, 0.1) is 12.8 Å². The lowest BCUT2D eigenvalue weighted by atomic mass is 10.1. The number of urea groups is 1. The van der Waals surface area contributed by atoms with Gasteiger partial charge >= 0.3 is 6.03 Å². The fraction of sp³-hybridized carbons (Fsp3) is 0.227. The quantitative estimate of drug-likeness (QED) is 0.715. The lowest BCUT2D eigenvalue weighted by Crippen LogP contribution is -2.50. The van der Waals surface area contributed by atoms with E-state index in [0.29, 0.717) is 37.6 Å². The Morgan fingerprint density at radius 2 is 1.80 bits per heavy atom. The van der Waals surface area contributed by atoms with Gasteiger partial charge in [-0.15, -0.1) is 0 Å². The van der Waals surface area contributed by atoms with Crippen molar-refractivity contribution in [3.63, 3.8) is 0 Å². The number of methoxy groups -OCH3 is 1. The molecule has 1 aliphatic heterocycles. The predicted octanol–water partition coefficient (Wildman–Crippen LogP) is 3.65. The molecule has 2 amide bonds. The largest absolute Gasteiger partial charge is 0.497 e. The lowest BCUT2D eigenvalue weighted by molar-refractivity contribution is 0.208. The van der Waals surface area contributed by atoms with Crippen molar-refractivity contribution in [3.8, 4) is 17.0 Å². The highest BCUT2D eigenvalue weighted by molar-refractivity contribution is 5.89. The van der Waals surface area contributed by atoms with Crippen molar-refractivity contribution in [1.29, 1.82) is 0 Å². The molecular weight excluding hydrogens is 385 g/mol. The van der Waals surface area contributed by atoms with E-state index in [-0.39, 0.29) is 11.8 Å². The molecule has 1 saturated heterocycles. The van der Waals surface area contributed by atoms with Gasteiger partial charge in [0.1, 0.15) is 23.7 Å². The third-order valence-corrected chi connectivity index (χ3v) is 5.00. The summed E-state index contributed by atoms with van der Waals surface area (Å²) in [6.45, 7) is 2.47. The number of carbonyl (C=O) groups excluding carboxylic acids is 1. The van der Waals surface area contributed by atoms with E-state index in [0.717, 1.165) is 17.1 Å². The van der Waals surface area contributed by atoms with Crippen LogP contribution in [0.25, 0.3) is 11.3 Å². The topological polar surface area (TPSA) is 70.6 Å². The molecule has 154 valence electrons. The predicted molar refractivity (Wildman–Crippen MR) is 113 cm³/mol. The van der Waals surface area contributed by atoms with Crippen molar-refractivity contribution in [1.82, 2.24) is 14.9 Å². The summed E-state index contributed by atoms with van der Waals surface area (Å²) in [4.78, 5) is 25.1. The molecule has 0 saturated carbocycles. The zero-order chi connectivity index (χ0) is 20.9. The Kier molecular flexibility index (Phi) is 5.74. The number of carbonyl (C=O) groups is 1. The molecule has 0 bridgehead atoms. The number of ether oxygens (including phenoxy) is 1. The molecule has 3 aromatic rings. The standard InChI is InChI=1S/C22H22FN5O2/c1-30-19-4-2-3-18(13-19)26-22(29)28-11-9-27(10-12-28)21-14-20(24-15-25-21)16-5-7-17(23)8-6-16/h2-8,13-15H,9-12H2,1H3,(H,26,29). The first kappa shape index (κ1) is 19.6. The first-order valence-electron chi connectivity index (χ1n) is 9.65. The fourth-order valence-electron chi connectivity index (χ4n) is 3.34. The summed E-state index contributed by atoms with van der Waals surface area (Å²) in [6, 6.07) is 15.2. The minimum absolute atomic E-state index is 0.141.